The average Bonchev–Trinajstić information content (AvgIpc) is 3.00. The molecule has 0 heterocycles. The van der Waals surface area contributed by atoms with Crippen molar-refractivity contribution in [2.75, 3.05) is 58.2 Å². The van der Waals surface area contributed by atoms with Crippen LogP contribution in [0.25, 0.3) is 5.57 Å². The molecule has 7 nitrogen and oxygen atoms in total. The second kappa shape index (κ2) is 16.0. The van der Waals surface area contributed by atoms with Gasteiger partial charge in [-0.1, -0.05) is 24.8 Å². The highest BCUT2D eigenvalue weighted by molar-refractivity contribution is 6.18. The highest BCUT2D eigenvalue weighted by atomic mass is 35.5. The Balaban J connectivity index is 1.67. The molecule has 0 aliphatic heterocycles. The van der Waals surface area contributed by atoms with E-state index >= 15 is 0 Å². The maximum atomic E-state index is 12.8. The van der Waals surface area contributed by atoms with Crippen LogP contribution >= 0.6 is 23.2 Å². The van der Waals surface area contributed by atoms with Crippen LogP contribution in [0.3, 0.4) is 0 Å². The molecular formula is C32H37Cl2NO6. The predicted molar refractivity (Wildman–Crippen MR) is 166 cm³/mol. The summed E-state index contributed by atoms with van der Waals surface area (Å²) in [6.07, 6.45) is 1.65. The Morgan fingerprint density at radius 3 is 1.88 bits per heavy atom. The second-order valence-corrected chi connectivity index (χ2v) is 9.87. The van der Waals surface area contributed by atoms with E-state index in [0.717, 1.165) is 41.9 Å². The Morgan fingerprint density at radius 2 is 1.34 bits per heavy atom. The number of benzene rings is 3. The first-order chi connectivity index (χ1) is 19.9. The van der Waals surface area contributed by atoms with Crippen LogP contribution in [0.1, 0.15) is 29.5 Å². The van der Waals surface area contributed by atoms with Crippen molar-refractivity contribution in [3.63, 3.8) is 0 Å². The number of rotatable bonds is 16. The predicted octanol–water partition coefficient (Wildman–Crippen LogP) is 6.99. The molecule has 0 radical (unpaired) electrons. The lowest BCUT2D eigenvalue weighted by Gasteiger charge is -2.23. The Labute approximate surface area is 252 Å². The lowest BCUT2D eigenvalue weighted by atomic mass is 9.98. The van der Waals surface area contributed by atoms with Gasteiger partial charge in [-0.3, -0.25) is 4.79 Å². The Kier molecular flexibility index (Phi) is 12.5. The van der Waals surface area contributed by atoms with Crippen molar-refractivity contribution in [1.29, 1.82) is 0 Å². The van der Waals surface area contributed by atoms with Crippen LogP contribution < -0.4 is 28.6 Å². The van der Waals surface area contributed by atoms with Gasteiger partial charge in [-0.2, -0.15) is 0 Å². The number of anilines is 1. The Bertz CT molecular complexity index is 1280. The third-order valence-corrected chi connectivity index (χ3v) is 6.94. The number of carbonyl (C=O) groups excluding carboxylic acids is 1. The molecule has 3 aromatic rings. The molecule has 41 heavy (non-hydrogen) atoms. The minimum Gasteiger partial charge on any atom is -0.493 e. The number of nitrogens with zero attached hydrogens (tertiary/aromatic N) is 1. The Hall–Kier alpha value is -3.55. The third kappa shape index (κ3) is 8.47. The second-order valence-electron chi connectivity index (χ2n) is 9.12. The maximum Gasteiger partial charge on any atom is 0.311 e. The molecule has 3 aromatic carbocycles. The monoisotopic (exact) mass is 601 g/mol. The first kappa shape index (κ1) is 32.0. The quantitative estimate of drug-likeness (QED) is 0.0995. The summed E-state index contributed by atoms with van der Waals surface area (Å²) in [5.41, 5.74) is 4.42. The fourth-order valence-electron chi connectivity index (χ4n) is 4.42. The van der Waals surface area contributed by atoms with E-state index in [0.29, 0.717) is 52.5 Å². The van der Waals surface area contributed by atoms with Gasteiger partial charge in [0.1, 0.15) is 0 Å². The molecule has 0 aliphatic carbocycles. The van der Waals surface area contributed by atoms with Crippen LogP contribution in [0.15, 0.2) is 61.2 Å². The van der Waals surface area contributed by atoms with E-state index in [1.54, 1.807) is 33.5 Å². The van der Waals surface area contributed by atoms with Gasteiger partial charge in [0.15, 0.2) is 23.0 Å². The normalized spacial score (nSPS) is 10.6. The first-order valence-electron chi connectivity index (χ1n) is 13.2. The summed E-state index contributed by atoms with van der Waals surface area (Å²) in [4.78, 5) is 14.9. The number of methoxy groups -OCH3 is 4. The van der Waals surface area contributed by atoms with Crippen molar-refractivity contribution in [3.05, 3.63) is 77.9 Å². The molecule has 220 valence electrons. The van der Waals surface area contributed by atoms with Crippen molar-refractivity contribution in [2.24, 2.45) is 0 Å². The van der Waals surface area contributed by atoms with Crippen LogP contribution in [-0.4, -0.2) is 59.3 Å². The summed E-state index contributed by atoms with van der Waals surface area (Å²) < 4.78 is 27.5. The van der Waals surface area contributed by atoms with Gasteiger partial charge < -0.3 is 28.6 Å². The molecule has 0 bridgehead atoms. The van der Waals surface area contributed by atoms with Crippen molar-refractivity contribution in [1.82, 2.24) is 0 Å². The zero-order valence-electron chi connectivity index (χ0n) is 24.0. The van der Waals surface area contributed by atoms with E-state index < -0.39 is 0 Å². The van der Waals surface area contributed by atoms with Crippen LogP contribution in [0, 0.1) is 0 Å². The number of hydrogen-bond donors (Lipinski definition) is 0. The summed E-state index contributed by atoms with van der Waals surface area (Å²) in [6.45, 7) is 5.72. The lowest BCUT2D eigenvalue weighted by molar-refractivity contribution is -0.134. The first-order valence-corrected chi connectivity index (χ1v) is 14.3. The van der Waals surface area contributed by atoms with Gasteiger partial charge >= 0.3 is 5.97 Å². The third-order valence-electron chi connectivity index (χ3n) is 6.61. The molecule has 0 aliphatic rings. The van der Waals surface area contributed by atoms with Gasteiger partial charge in [-0.05, 0) is 71.5 Å². The smallest absolute Gasteiger partial charge is 0.311 e. The lowest BCUT2D eigenvalue weighted by Crippen LogP contribution is -2.27. The number of aryl methyl sites for hydroxylation is 1. The van der Waals surface area contributed by atoms with Crippen molar-refractivity contribution in [2.45, 2.75) is 19.3 Å². The summed E-state index contributed by atoms with van der Waals surface area (Å²) in [6, 6.07) is 17.2. The molecule has 0 atom stereocenters. The standard InChI is InChI=1S/C32H37Cl2NO6/c1-22(25-20-29(38-3)32(40-5)30(21-25)39-4)24-11-14-27(37-2)28(19-24)41-31(36)8-6-7-23-9-12-26(13-10-23)35(17-15-33)18-16-34/h9-14,19-21H,1,6-8,15-18H2,2-5H3. The Morgan fingerprint density at radius 1 is 0.756 bits per heavy atom. The number of alkyl halides is 2. The molecule has 0 saturated heterocycles. The molecule has 3 rings (SSSR count). The molecule has 9 heteroatoms. The number of carbonyl (C=O) groups is 1. The maximum absolute atomic E-state index is 12.8. The van der Waals surface area contributed by atoms with E-state index in [9.17, 15) is 4.79 Å². The van der Waals surface area contributed by atoms with E-state index in [-0.39, 0.29) is 12.4 Å². The molecule has 0 amide bonds. The van der Waals surface area contributed by atoms with Crippen LogP contribution in [0.4, 0.5) is 5.69 Å². The molecular weight excluding hydrogens is 565 g/mol. The van der Waals surface area contributed by atoms with Gasteiger partial charge in [0, 0.05) is 37.0 Å². The average molecular weight is 603 g/mol. The van der Waals surface area contributed by atoms with Crippen LogP contribution in [0.2, 0.25) is 0 Å². The number of ether oxygens (including phenoxy) is 5. The number of hydrogen-bond acceptors (Lipinski definition) is 7. The fourth-order valence-corrected chi connectivity index (χ4v) is 4.83. The number of halogens is 2. The molecule has 0 spiro atoms. The highest BCUT2D eigenvalue weighted by Gasteiger charge is 2.17. The zero-order chi connectivity index (χ0) is 29.8. The molecule has 0 aromatic heterocycles. The minimum atomic E-state index is -0.342. The summed E-state index contributed by atoms with van der Waals surface area (Å²) in [7, 11) is 6.20. The summed E-state index contributed by atoms with van der Waals surface area (Å²) >= 11 is 11.8. The van der Waals surface area contributed by atoms with E-state index in [4.69, 9.17) is 46.9 Å². The van der Waals surface area contributed by atoms with Gasteiger partial charge in [-0.15, -0.1) is 23.2 Å². The van der Waals surface area contributed by atoms with E-state index in [1.807, 2.05) is 18.2 Å². The van der Waals surface area contributed by atoms with Crippen LogP contribution in [0.5, 0.6) is 28.7 Å². The largest absolute Gasteiger partial charge is 0.493 e. The van der Waals surface area contributed by atoms with Crippen LogP contribution in [-0.2, 0) is 11.2 Å². The van der Waals surface area contributed by atoms with Gasteiger partial charge in [0.25, 0.3) is 0 Å². The fraction of sp³-hybridized carbons (Fsp3) is 0.344. The minimum absolute atomic E-state index is 0.258. The van der Waals surface area contributed by atoms with Gasteiger partial charge in [-0.25, -0.2) is 0 Å². The topological polar surface area (TPSA) is 66.5 Å². The van der Waals surface area contributed by atoms with Crippen molar-refractivity contribution >= 4 is 40.4 Å². The summed E-state index contributed by atoms with van der Waals surface area (Å²) in [5.74, 6) is 3.03. The van der Waals surface area contributed by atoms with E-state index in [1.165, 1.54) is 7.11 Å². The molecule has 0 unspecified atom stereocenters. The summed E-state index contributed by atoms with van der Waals surface area (Å²) in [5, 5.41) is 0. The van der Waals surface area contributed by atoms with Gasteiger partial charge in [0.2, 0.25) is 5.75 Å². The van der Waals surface area contributed by atoms with Crippen molar-refractivity contribution in [3.8, 4) is 28.7 Å². The number of esters is 1. The molecule has 0 N–H and O–H groups in total. The van der Waals surface area contributed by atoms with Crippen molar-refractivity contribution < 1.29 is 28.5 Å². The molecule has 0 saturated carbocycles. The highest BCUT2D eigenvalue weighted by Crippen LogP contribution is 2.41. The van der Waals surface area contributed by atoms with E-state index in [2.05, 4.69) is 35.7 Å². The zero-order valence-corrected chi connectivity index (χ0v) is 25.5. The SMILES string of the molecule is C=C(c1ccc(OC)c(OC(=O)CCCc2ccc(N(CCCl)CCCl)cc2)c1)c1cc(OC)c(OC)c(OC)c1. The molecule has 0 fully saturated rings. The van der Waals surface area contributed by atoms with Gasteiger partial charge in [0.05, 0.1) is 28.4 Å².